The lowest BCUT2D eigenvalue weighted by atomic mass is 11.0. The molecule has 0 aromatic heterocycles. The van der Waals surface area contributed by atoms with Crippen molar-refractivity contribution in [2.24, 2.45) is 0 Å². The van der Waals surface area contributed by atoms with Crippen molar-refractivity contribution in [3.8, 4) is 0 Å². The van der Waals surface area contributed by atoms with Crippen LogP contribution in [-0.2, 0) is 12.7 Å². The smallest absolute Gasteiger partial charge is 0.317 e. The number of rotatable bonds is 7. The van der Waals surface area contributed by atoms with Gasteiger partial charge in [0.2, 0.25) is 0 Å². The zero-order valence-electron chi connectivity index (χ0n) is 12.8. The minimum Gasteiger partial charge on any atom is -0.442 e. The van der Waals surface area contributed by atoms with Crippen molar-refractivity contribution >= 4 is 35.3 Å². The minimum absolute atomic E-state index is 0.473. The van der Waals surface area contributed by atoms with Gasteiger partial charge in [-0.1, -0.05) is 27.3 Å². The van der Waals surface area contributed by atoms with Gasteiger partial charge in [0.1, 0.15) is 9.76 Å². The van der Waals surface area contributed by atoms with Crippen molar-refractivity contribution in [3.63, 3.8) is 0 Å². The van der Waals surface area contributed by atoms with Gasteiger partial charge in [-0.3, -0.25) is 0 Å². The predicted molar refractivity (Wildman–Crippen MR) is 84.6 cm³/mol. The van der Waals surface area contributed by atoms with E-state index in [0.717, 1.165) is 6.04 Å². The van der Waals surface area contributed by atoms with Gasteiger partial charge in [0.05, 0.1) is 0 Å². The first-order valence-corrected chi connectivity index (χ1v) is 16.3. The maximum atomic E-state index is 11.7. The highest BCUT2D eigenvalue weighted by molar-refractivity contribution is 6.87. The molecule has 17 heavy (non-hydrogen) atoms. The highest BCUT2D eigenvalue weighted by atomic mass is 28.5. The van der Waals surface area contributed by atoms with Gasteiger partial charge in [-0.05, 0) is 32.2 Å². The zero-order valence-corrected chi connectivity index (χ0v) is 17.3. The highest BCUT2D eigenvalue weighted by Gasteiger charge is 2.37. The second-order valence-corrected chi connectivity index (χ2v) is 17.1. The van der Waals surface area contributed by atoms with Gasteiger partial charge in [0, 0.05) is 5.67 Å². The van der Waals surface area contributed by atoms with Gasteiger partial charge in [-0.2, -0.15) is 0 Å². The lowest BCUT2D eigenvalue weighted by molar-refractivity contribution is 0.406. The molecule has 0 aliphatic heterocycles. The third-order valence-corrected chi connectivity index (χ3v) is 14.6. The SMILES string of the molecule is CC.CC[Si](=O)C[Si](C)(O[SiH2]C)O[Si](C)(C)C. The van der Waals surface area contributed by atoms with Crippen molar-refractivity contribution in [2.45, 2.75) is 65.2 Å². The Balaban J connectivity index is 0. The summed E-state index contributed by atoms with van der Waals surface area (Å²) in [5.74, 6) is 0. The molecule has 0 aliphatic rings. The monoisotopic (exact) mass is 310 g/mol. The summed E-state index contributed by atoms with van der Waals surface area (Å²) in [6.07, 6.45) is 0. The largest absolute Gasteiger partial charge is 0.442 e. The van der Waals surface area contributed by atoms with Crippen LogP contribution in [0.4, 0.5) is 0 Å². The molecule has 0 heterocycles. The Morgan fingerprint density at radius 1 is 1.18 bits per heavy atom. The Hall–Kier alpha value is 0.588. The topological polar surface area (TPSA) is 35.5 Å². The Bertz CT molecular complexity index is 218. The van der Waals surface area contributed by atoms with Crippen molar-refractivity contribution in [3.05, 3.63) is 0 Å². The molecule has 0 aliphatic carbocycles. The Labute approximate surface area is 113 Å². The van der Waals surface area contributed by atoms with Crippen LogP contribution in [0.5, 0.6) is 0 Å². The molecule has 0 spiro atoms. The van der Waals surface area contributed by atoms with E-state index < -0.39 is 35.3 Å². The second kappa shape index (κ2) is 9.51. The third-order valence-electron chi connectivity index (χ3n) is 1.88. The van der Waals surface area contributed by atoms with Crippen LogP contribution in [0.3, 0.4) is 0 Å². The molecule has 0 bridgehead atoms. The Morgan fingerprint density at radius 2 is 1.65 bits per heavy atom. The highest BCUT2D eigenvalue weighted by Crippen LogP contribution is 2.20. The molecule has 1 unspecified atom stereocenters. The van der Waals surface area contributed by atoms with Crippen LogP contribution in [0, 0.1) is 0 Å². The van der Waals surface area contributed by atoms with Gasteiger partial charge < -0.3 is 12.7 Å². The van der Waals surface area contributed by atoms with E-state index in [1.807, 2.05) is 20.8 Å². The predicted octanol–water partition coefficient (Wildman–Crippen LogP) is 3.07. The van der Waals surface area contributed by atoms with Gasteiger partial charge in [0.15, 0.2) is 8.32 Å². The van der Waals surface area contributed by atoms with Crippen LogP contribution in [0.25, 0.3) is 0 Å². The van der Waals surface area contributed by atoms with Crippen molar-refractivity contribution in [1.82, 2.24) is 0 Å². The van der Waals surface area contributed by atoms with E-state index in [-0.39, 0.29) is 0 Å². The van der Waals surface area contributed by atoms with E-state index >= 15 is 0 Å². The first-order valence-electron chi connectivity index (χ1n) is 6.58. The standard InChI is InChI=1S/C8H24O3Si4.C2H6/c1-7-13(9)8-15(6,10-12-2)11-14(3,4)5;1-2/h7-8,12H2,1-6H3;1-2H3. The summed E-state index contributed by atoms with van der Waals surface area (Å²) in [7, 11) is -5.63. The fourth-order valence-electron chi connectivity index (χ4n) is 1.55. The van der Waals surface area contributed by atoms with E-state index in [1.165, 1.54) is 0 Å². The molecule has 0 radical (unpaired) electrons. The second-order valence-electron chi connectivity index (χ2n) is 4.85. The fourth-order valence-corrected chi connectivity index (χ4v) is 16.1. The van der Waals surface area contributed by atoms with Gasteiger partial charge >= 0.3 is 8.56 Å². The first-order chi connectivity index (χ1) is 7.72. The summed E-state index contributed by atoms with van der Waals surface area (Å²) in [6.45, 7) is 16.7. The maximum Gasteiger partial charge on any atom is 0.317 e. The van der Waals surface area contributed by atoms with Gasteiger partial charge in [-0.15, -0.1) is 0 Å². The van der Waals surface area contributed by atoms with Crippen LogP contribution >= 0.6 is 0 Å². The molecule has 1 atom stereocenters. The fraction of sp³-hybridized carbons (Fsp3) is 1.00. The van der Waals surface area contributed by atoms with Crippen LogP contribution in [0.15, 0.2) is 0 Å². The van der Waals surface area contributed by atoms with Gasteiger partial charge in [0.25, 0.3) is 8.68 Å². The van der Waals surface area contributed by atoms with E-state index in [9.17, 15) is 4.46 Å². The lowest BCUT2D eigenvalue weighted by Gasteiger charge is -2.33. The molecule has 0 rings (SSSR count). The quantitative estimate of drug-likeness (QED) is 0.678. The summed E-state index contributed by atoms with van der Waals surface area (Å²) in [4.78, 5) is 0. The molecule has 0 N–H and O–H groups in total. The molecule has 0 fully saturated rings. The van der Waals surface area contributed by atoms with Crippen LogP contribution < -0.4 is 0 Å². The molecule has 7 heteroatoms. The summed E-state index contributed by atoms with van der Waals surface area (Å²) in [5.41, 5.74) is 0.708. The molecule has 0 saturated heterocycles. The summed E-state index contributed by atoms with van der Waals surface area (Å²) >= 11 is 0. The average molecular weight is 311 g/mol. The van der Waals surface area contributed by atoms with Crippen LogP contribution in [0.1, 0.15) is 20.8 Å². The summed E-state index contributed by atoms with van der Waals surface area (Å²) < 4.78 is 23.7. The zero-order chi connectivity index (χ0) is 14.1. The first kappa shape index (κ1) is 19.9. The average Bonchev–Trinajstić information content (AvgIpc) is 2.17. The van der Waals surface area contributed by atoms with Crippen molar-refractivity contribution < 1.29 is 12.7 Å². The van der Waals surface area contributed by atoms with E-state index in [0.29, 0.717) is 5.67 Å². The number of hydrogen-bond donors (Lipinski definition) is 0. The third kappa shape index (κ3) is 11.4. The molecule has 104 valence electrons. The molecule has 0 aromatic carbocycles. The molecule has 0 aromatic rings. The maximum absolute atomic E-state index is 11.7. The van der Waals surface area contributed by atoms with E-state index in [4.69, 9.17) is 8.23 Å². The van der Waals surface area contributed by atoms with Crippen molar-refractivity contribution in [2.75, 3.05) is 0 Å². The number of hydrogen-bond acceptors (Lipinski definition) is 3. The molecule has 0 amide bonds. The molecular weight excluding hydrogens is 280 g/mol. The van der Waals surface area contributed by atoms with Crippen molar-refractivity contribution in [1.29, 1.82) is 0 Å². The minimum atomic E-state index is -2.11. The Kier molecular flexibility index (Phi) is 11.1. The van der Waals surface area contributed by atoms with Gasteiger partial charge in [-0.25, -0.2) is 0 Å². The Morgan fingerprint density at radius 3 is 1.94 bits per heavy atom. The lowest BCUT2D eigenvalue weighted by Crippen LogP contribution is -2.49. The summed E-state index contributed by atoms with van der Waals surface area (Å²) in [5, 5.41) is 0. The molecule has 0 saturated carbocycles. The van der Waals surface area contributed by atoms with E-state index in [2.05, 4.69) is 32.7 Å². The molecule has 3 nitrogen and oxygen atoms in total. The van der Waals surface area contributed by atoms with Crippen LogP contribution in [0.2, 0.25) is 44.4 Å². The van der Waals surface area contributed by atoms with Crippen LogP contribution in [-0.4, -0.2) is 35.3 Å². The van der Waals surface area contributed by atoms with E-state index in [1.54, 1.807) is 0 Å². The summed E-state index contributed by atoms with van der Waals surface area (Å²) in [6, 6.07) is 0.775. The molecular formula is C10H30O3Si4. The normalized spacial score (nSPS) is 15.3.